The maximum atomic E-state index is 9.17. The Balaban J connectivity index is 2.15. The molecule has 4 heteroatoms. The van der Waals surface area contributed by atoms with Gasteiger partial charge in [0.1, 0.15) is 0 Å². The largest absolute Gasteiger partial charge is 0.389 e. The lowest BCUT2D eigenvalue weighted by molar-refractivity contribution is 0.0572. The number of aliphatic hydroxyl groups excluding tert-OH is 2. The Morgan fingerprint density at radius 2 is 1.92 bits per heavy atom. The summed E-state index contributed by atoms with van der Waals surface area (Å²) in [5.74, 6) is 0. The van der Waals surface area contributed by atoms with Crippen LogP contribution < -0.4 is 0 Å². The minimum absolute atomic E-state index is 0.534. The van der Waals surface area contributed by atoms with Crippen LogP contribution in [0, 0.1) is 11.3 Å². The molecule has 1 rings (SSSR count). The molecule has 12 heavy (non-hydrogen) atoms. The number of nitrogens with zero attached hydrogens (tertiary/aromatic N) is 2. The zero-order valence-electron chi connectivity index (χ0n) is 6.98. The molecule has 0 amide bonds. The molecular weight excluding hydrogens is 156 g/mol. The summed E-state index contributed by atoms with van der Waals surface area (Å²) in [5, 5.41) is 26.6. The van der Waals surface area contributed by atoms with Gasteiger partial charge < -0.3 is 10.2 Å². The second-order valence-corrected chi connectivity index (χ2v) is 3.16. The van der Waals surface area contributed by atoms with Gasteiger partial charge in [0.2, 0.25) is 0 Å². The highest BCUT2D eigenvalue weighted by Gasteiger charge is 2.28. The van der Waals surface area contributed by atoms with Gasteiger partial charge in [-0.3, -0.25) is 4.90 Å². The molecule has 1 aliphatic heterocycles. The first-order valence-corrected chi connectivity index (χ1v) is 4.19. The molecule has 2 atom stereocenters. The summed E-state index contributed by atoms with van der Waals surface area (Å²) in [5.41, 5.74) is 0. The summed E-state index contributed by atoms with van der Waals surface area (Å²) in [4.78, 5) is 1.98. The molecule has 4 nitrogen and oxygen atoms in total. The van der Waals surface area contributed by atoms with Crippen LogP contribution in [0.1, 0.15) is 12.8 Å². The Kier molecular flexibility index (Phi) is 3.48. The van der Waals surface area contributed by atoms with Crippen molar-refractivity contribution >= 4 is 0 Å². The van der Waals surface area contributed by atoms with Gasteiger partial charge >= 0.3 is 0 Å². The first-order chi connectivity index (χ1) is 5.74. The number of nitriles is 1. The molecular formula is C8H14N2O2. The van der Waals surface area contributed by atoms with Gasteiger partial charge in [-0.15, -0.1) is 0 Å². The van der Waals surface area contributed by atoms with Crippen molar-refractivity contribution in [1.82, 2.24) is 4.90 Å². The van der Waals surface area contributed by atoms with Gasteiger partial charge in [0.25, 0.3) is 0 Å². The summed E-state index contributed by atoms with van der Waals surface area (Å²) in [7, 11) is 0. The number of likely N-dealkylation sites (tertiary alicyclic amines) is 1. The minimum atomic E-state index is -0.605. The van der Waals surface area contributed by atoms with E-state index in [9.17, 15) is 0 Å². The fourth-order valence-electron chi connectivity index (χ4n) is 1.41. The van der Waals surface area contributed by atoms with Crippen LogP contribution in [0.15, 0.2) is 0 Å². The number of hydrogen-bond acceptors (Lipinski definition) is 4. The fraction of sp³-hybridized carbons (Fsp3) is 0.875. The van der Waals surface area contributed by atoms with Crippen LogP contribution in [-0.4, -0.2) is 47.0 Å². The zero-order chi connectivity index (χ0) is 8.97. The SMILES string of the molecule is N#CCCCN1CC(O)C(O)C1. The van der Waals surface area contributed by atoms with Crippen molar-refractivity contribution in [3.8, 4) is 6.07 Å². The molecule has 0 aromatic carbocycles. The predicted octanol–water partition coefficient (Wildman–Crippen LogP) is -0.672. The highest BCUT2D eigenvalue weighted by molar-refractivity contribution is 4.83. The zero-order valence-corrected chi connectivity index (χ0v) is 6.98. The Morgan fingerprint density at radius 3 is 2.42 bits per heavy atom. The molecule has 1 heterocycles. The molecule has 0 aromatic rings. The predicted molar refractivity (Wildman–Crippen MR) is 43.3 cm³/mol. The molecule has 0 aliphatic carbocycles. The van der Waals surface area contributed by atoms with Gasteiger partial charge in [-0.05, 0) is 13.0 Å². The molecule has 0 spiro atoms. The van der Waals surface area contributed by atoms with Gasteiger partial charge in [0, 0.05) is 19.5 Å². The third-order valence-corrected chi connectivity index (χ3v) is 2.10. The summed E-state index contributed by atoms with van der Waals surface area (Å²) in [6, 6.07) is 2.06. The van der Waals surface area contributed by atoms with Gasteiger partial charge in [-0.25, -0.2) is 0 Å². The van der Waals surface area contributed by atoms with Crippen molar-refractivity contribution in [2.75, 3.05) is 19.6 Å². The molecule has 2 N–H and O–H groups in total. The highest BCUT2D eigenvalue weighted by atomic mass is 16.3. The molecule has 0 bridgehead atoms. The molecule has 0 aromatic heterocycles. The first-order valence-electron chi connectivity index (χ1n) is 4.19. The van der Waals surface area contributed by atoms with Crippen molar-refractivity contribution in [3.63, 3.8) is 0 Å². The lowest BCUT2D eigenvalue weighted by Crippen LogP contribution is -2.23. The lowest BCUT2D eigenvalue weighted by atomic mass is 10.3. The van der Waals surface area contributed by atoms with E-state index in [2.05, 4.69) is 6.07 Å². The van der Waals surface area contributed by atoms with Crippen molar-refractivity contribution in [1.29, 1.82) is 5.26 Å². The van der Waals surface area contributed by atoms with Crippen LogP contribution in [0.3, 0.4) is 0 Å². The lowest BCUT2D eigenvalue weighted by Gasteiger charge is -2.12. The number of unbranched alkanes of at least 4 members (excludes halogenated alkanes) is 1. The second kappa shape index (κ2) is 4.41. The monoisotopic (exact) mass is 170 g/mol. The van der Waals surface area contributed by atoms with E-state index in [1.54, 1.807) is 0 Å². The smallest absolute Gasteiger partial charge is 0.0938 e. The van der Waals surface area contributed by atoms with E-state index in [4.69, 9.17) is 15.5 Å². The first kappa shape index (κ1) is 9.46. The molecule has 0 saturated carbocycles. The van der Waals surface area contributed by atoms with Crippen molar-refractivity contribution < 1.29 is 10.2 Å². The van der Waals surface area contributed by atoms with E-state index in [1.165, 1.54) is 0 Å². The number of hydrogen-bond donors (Lipinski definition) is 2. The third kappa shape index (κ3) is 2.45. The summed E-state index contributed by atoms with van der Waals surface area (Å²) in [6.07, 6.45) is 0.151. The second-order valence-electron chi connectivity index (χ2n) is 3.16. The topological polar surface area (TPSA) is 67.5 Å². The minimum Gasteiger partial charge on any atom is -0.389 e. The van der Waals surface area contributed by atoms with Crippen LogP contribution in [-0.2, 0) is 0 Å². The van der Waals surface area contributed by atoms with Gasteiger partial charge in [-0.1, -0.05) is 0 Å². The maximum absolute atomic E-state index is 9.17. The van der Waals surface area contributed by atoms with Gasteiger partial charge in [-0.2, -0.15) is 5.26 Å². The third-order valence-electron chi connectivity index (χ3n) is 2.10. The van der Waals surface area contributed by atoms with E-state index in [1.807, 2.05) is 4.90 Å². The molecule has 68 valence electrons. The van der Waals surface area contributed by atoms with E-state index in [-0.39, 0.29) is 0 Å². The van der Waals surface area contributed by atoms with E-state index >= 15 is 0 Å². The maximum Gasteiger partial charge on any atom is 0.0938 e. The van der Waals surface area contributed by atoms with Gasteiger partial charge in [0.05, 0.1) is 18.3 Å². The summed E-state index contributed by atoms with van der Waals surface area (Å²) >= 11 is 0. The number of aliphatic hydroxyl groups is 2. The normalized spacial score (nSPS) is 30.4. The van der Waals surface area contributed by atoms with E-state index in [0.717, 1.165) is 13.0 Å². The molecule has 1 fully saturated rings. The highest BCUT2D eigenvalue weighted by Crippen LogP contribution is 2.10. The van der Waals surface area contributed by atoms with Crippen LogP contribution in [0.2, 0.25) is 0 Å². The average Bonchev–Trinajstić information content (AvgIpc) is 2.32. The fourth-order valence-corrected chi connectivity index (χ4v) is 1.41. The Hall–Kier alpha value is -0.630. The number of β-amino-alcohol motifs (C(OH)–C–C–N with tert-alkyl or cyclic N) is 2. The van der Waals surface area contributed by atoms with Crippen LogP contribution in [0.4, 0.5) is 0 Å². The van der Waals surface area contributed by atoms with Crippen molar-refractivity contribution in [3.05, 3.63) is 0 Å². The summed E-state index contributed by atoms with van der Waals surface area (Å²) in [6.45, 7) is 1.86. The quantitative estimate of drug-likeness (QED) is 0.551. The van der Waals surface area contributed by atoms with Crippen LogP contribution >= 0.6 is 0 Å². The standard InChI is InChI=1S/C8H14N2O2/c9-3-1-2-4-10-5-7(11)8(12)6-10/h7-8,11-12H,1-2,4-6H2. The Labute approximate surface area is 72.0 Å². The van der Waals surface area contributed by atoms with Gasteiger partial charge in [0.15, 0.2) is 0 Å². The molecule has 1 saturated heterocycles. The van der Waals surface area contributed by atoms with Crippen LogP contribution in [0.25, 0.3) is 0 Å². The summed E-state index contributed by atoms with van der Waals surface area (Å²) < 4.78 is 0. The van der Waals surface area contributed by atoms with E-state index < -0.39 is 12.2 Å². The Bertz CT molecular complexity index is 168. The molecule has 1 aliphatic rings. The average molecular weight is 170 g/mol. The Morgan fingerprint density at radius 1 is 1.33 bits per heavy atom. The van der Waals surface area contributed by atoms with E-state index in [0.29, 0.717) is 19.5 Å². The van der Waals surface area contributed by atoms with Crippen molar-refractivity contribution in [2.24, 2.45) is 0 Å². The molecule has 0 radical (unpaired) electrons. The van der Waals surface area contributed by atoms with Crippen molar-refractivity contribution in [2.45, 2.75) is 25.0 Å². The molecule has 2 unspecified atom stereocenters. The van der Waals surface area contributed by atoms with Crippen LogP contribution in [0.5, 0.6) is 0 Å². The number of rotatable bonds is 3.